The molecule has 1 aromatic heterocycles. The fourth-order valence-electron chi connectivity index (χ4n) is 3.76. The summed E-state index contributed by atoms with van der Waals surface area (Å²) in [5, 5.41) is 5.77. The monoisotopic (exact) mass is 421 g/mol. The normalized spacial score (nSPS) is 10.9. The van der Waals surface area contributed by atoms with E-state index in [0.29, 0.717) is 33.7 Å². The molecule has 5 nitrogen and oxygen atoms in total. The SMILES string of the molecule is COc1ccc(-c2cc3ccccc3oc2=O)cc1NC(=O)c1ccc2ccccc2c1. The minimum Gasteiger partial charge on any atom is -0.495 e. The van der Waals surface area contributed by atoms with Crippen LogP contribution in [0.1, 0.15) is 10.4 Å². The third-order valence-electron chi connectivity index (χ3n) is 5.41. The van der Waals surface area contributed by atoms with Crippen molar-refractivity contribution in [1.82, 2.24) is 0 Å². The molecule has 0 aliphatic heterocycles. The smallest absolute Gasteiger partial charge is 0.344 e. The van der Waals surface area contributed by atoms with Gasteiger partial charge in [0.05, 0.1) is 18.4 Å². The van der Waals surface area contributed by atoms with Crippen molar-refractivity contribution >= 4 is 33.3 Å². The van der Waals surface area contributed by atoms with E-state index in [4.69, 9.17) is 9.15 Å². The number of fused-ring (bicyclic) bond motifs is 2. The second-order valence-corrected chi connectivity index (χ2v) is 7.42. The molecule has 0 unspecified atom stereocenters. The number of ether oxygens (including phenoxy) is 1. The van der Waals surface area contributed by atoms with Crippen LogP contribution < -0.4 is 15.7 Å². The summed E-state index contributed by atoms with van der Waals surface area (Å²) in [4.78, 5) is 25.6. The van der Waals surface area contributed by atoms with Gasteiger partial charge in [0.15, 0.2) is 0 Å². The summed E-state index contributed by atoms with van der Waals surface area (Å²) in [7, 11) is 1.53. The van der Waals surface area contributed by atoms with E-state index >= 15 is 0 Å². The van der Waals surface area contributed by atoms with Crippen molar-refractivity contribution in [2.24, 2.45) is 0 Å². The van der Waals surface area contributed by atoms with Gasteiger partial charge in [-0.3, -0.25) is 4.79 Å². The van der Waals surface area contributed by atoms with E-state index in [1.807, 2.05) is 54.6 Å². The van der Waals surface area contributed by atoms with Gasteiger partial charge in [-0.25, -0.2) is 4.79 Å². The first-order chi connectivity index (χ1) is 15.6. The van der Waals surface area contributed by atoms with Gasteiger partial charge < -0.3 is 14.5 Å². The average Bonchev–Trinajstić information content (AvgIpc) is 2.83. The van der Waals surface area contributed by atoms with Gasteiger partial charge in [0.1, 0.15) is 11.3 Å². The minimum absolute atomic E-state index is 0.267. The fraction of sp³-hybridized carbons (Fsp3) is 0.0370. The van der Waals surface area contributed by atoms with Gasteiger partial charge in [-0.15, -0.1) is 0 Å². The molecule has 0 radical (unpaired) electrons. The molecule has 1 amide bonds. The number of hydrogen-bond acceptors (Lipinski definition) is 4. The van der Waals surface area contributed by atoms with Crippen LogP contribution in [0.25, 0.3) is 32.9 Å². The first kappa shape index (κ1) is 19.6. The van der Waals surface area contributed by atoms with Crippen LogP contribution in [-0.4, -0.2) is 13.0 Å². The molecule has 0 aliphatic carbocycles. The number of para-hydroxylation sites is 1. The highest BCUT2D eigenvalue weighted by atomic mass is 16.5. The maximum Gasteiger partial charge on any atom is 0.344 e. The number of benzene rings is 4. The molecule has 1 N–H and O–H groups in total. The maximum atomic E-state index is 13.0. The number of amides is 1. The lowest BCUT2D eigenvalue weighted by Crippen LogP contribution is -2.13. The highest BCUT2D eigenvalue weighted by molar-refractivity contribution is 6.07. The van der Waals surface area contributed by atoms with Crippen LogP contribution >= 0.6 is 0 Å². The Labute approximate surface area is 183 Å². The Bertz CT molecular complexity index is 1530. The Morgan fingerprint density at radius 2 is 1.56 bits per heavy atom. The molecule has 5 rings (SSSR count). The summed E-state index contributed by atoms with van der Waals surface area (Å²) < 4.78 is 10.9. The first-order valence-electron chi connectivity index (χ1n) is 10.1. The van der Waals surface area contributed by atoms with Gasteiger partial charge in [0.25, 0.3) is 5.91 Å². The molecule has 0 spiro atoms. The zero-order chi connectivity index (χ0) is 22.1. The third-order valence-corrected chi connectivity index (χ3v) is 5.41. The molecule has 0 saturated heterocycles. The number of nitrogens with one attached hydrogen (secondary N) is 1. The van der Waals surface area contributed by atoms with Crippen molar-refractivity contribution in [1.29, 1.82) is 0 Å². The highest BCUT2D eigenvalue weighted by Crippen LogP contribution is 2.31. The van der Waals surface area contributed by atoms with Gasteiger partial charge in [0.2, 0.25) is 0 Å². The van der Waals surface area contributed by atoms with Gasteiger partial charge in [-0.05, 0) is 52.7 Å². The van der Waals surface area contributed by atoms with Crippen molar-refractivity contribution in [2.45, 2.75) is 0 Å². The van der Waals surface area contributed by atoms with Crippen LogP contribution in [-0.2, 0) is 0 Å². The van der Waals surface area contributed by atoms with Crippen molar-refractivity contribution in [3.05, 3.63) is 107 Å². The lowest BCUT2D eigenvalue weighted by molar-refractivity contribution is 0.102. The Hall–Kier alpha value is -4.38. The van der Waals surface area contributed by atoms with Gasteiger partial charge in [-0.2, -0.15) is 0 Å². The van der Waals surface area contributed by atoms with Crippen LogP contribution in [0.3, 0.4) is 0 Å². The number of carbonyl (C=O) groups is 1. The Morgan fingerprint density at radius 3 is 2.38 bits per heavy atom. The van der Waals surface area contributed by atoms with E-state index < -0.39 is 5.63 Å². The minimum atomic E-state index is -0.444. The van der Waals surface area contributed by atoms with Crippen molar-refractivity contribution < 1.29 is 13.9 Å². The lowest BCUT2D eigenvalue weighted by Gasteiger charge is -2.13. The molecule has 0 saturated carbocycles. The highest BCUT2D eigenvalue weighted by Gasteiger charge is 2.14. The molecule has 0 atom stereocenters. The molecule has 5 aromatic rings. The predicted molar refractivity (Wildman–Crippen MR) is 126 cm³/mol. The van der Waals surface area contributed by atoms with Gasteiger partial charge in [0, 0.05) is 10.9 Å². The summed E-state index contributed by atoms with van der Waals surface area (Å²) in [6.07, 6.45) is 0. The maximum absolute atomic E-state index is 13.0. The van der Waals surface area contributed by atoms with Crippen LogP contribution in [0.15, 0.2) is 100 Å². The molecule has 0 aliphatic rings. The number of hydrogen-bond donors (Lipinski definition) is 1. The number of methoxy groups -OCH3 is 1. The lowest BCUT2D eigenvalue weighted by atomic mass is 10.0. The van der Waals surface area contributed by atoms with Crippen LogP contribution in [0, 0.1) is 0 Å². The topological polar surface area (TPSA) is 68.5 Å². The standard InChI is InChI=1S/C27H19NO4/c1-31-25-13-12-19(22-15-20-8-4-5-9-24(20)32-27(22)30)16-23(25)28-26(29)21-11-10-17-6-2-3-7-18(17)14-21/h2-16H,1H3,(H,28,29). The van der Waals surface area contributed by atoms with E-state index in [0.717, 1.165) is 16.2 Å². The van der Waals surface area contributed by atoms with Crippen molar-refractivity contribution in [3.63, 3.8) is 0 Å². The van der Waals surface area contributed by atoms with Crippen LogP contribution in [0.2, 0.25) is 0 Å². The summed E-state index contributed by atoms with van der Waals surface area (Å²) in [5.41, 5.74) is 2.11. The van der Waals surface area contributed by atoms with Gasteiger partial charge in [-0.1, -0.05) is 54.6 Å². The average molecular weight is 421 g/mol. The van der Waals surface area contributed by atoms with E-state index in [-0.39, 0.29) is 5.91 Å². The fourth-order valence-corrected chi connectivity index (χ4v) is 3.76. The predicted octanol–water partition coefficient (Wildman–Crippen LogP) is 5.87. The Morgan fingerprint density at radius 1 is 0.812 bits per heavy atom. The van der Waals surface area contributed by atoms with Crippen LogP contribution in [0.5, 0.6) is 5.75 Å². The molecule has 5 heteroatoms. The number of anilines is 1. The Kier molecular flexibility index (Phi) is 4.92. The molecule has 0 bridgehead atoms. The molecular formula is C27H19NO4. The molecule has 0 fully saturated rings. The molecular weight excluding hydrogens is 402 g/mol. The largest absolute Gasteiger partial charge is 0.495 e. The zero-order valence-electron chi connectivity index (χ0n) is 17.3. The molecule has 1 heterocycles. The molecule has 156 valence electrons. The Balaban J connectivity index is 1.53. The second-order valence-electron chi connectivity index (χ2n) is 7.42. The van der Waals surface area contributed by atoms with E-state index in [1.54, 1.807) is 36.4 Å². The summed E-state index contributed by atoms with van der Waals surface area (Å²) in [6, 6.07) is 27.7. The number of carbonyl (C=O) groups excluding carboxylic acids is 1. The summed E-state index contributed by atoms with van der Waals surface area (Å²) >= 11 is 0. The van der Waals surface area contributed by atoms with E-state index in [1.165, 1.54) is 7.11 Å². The second kappa shape index (κ2) is 8.04. The zero-order valence-corrected chi connectivity index (χ0v) is 17.3. The van der Waals surface area contributed by atoms with Crippen molar-refractivity contribution in [2.75, 3.05) is 12.4 Å². The number of rotatable bonds is 4. The molecule has 4 aromatic carbocycles. The van der Waals surface area contributed by atoms with Crippen LogP contribution in [0.4, 0.5) is 5.69 Å². The quantitative estimate of drug-likeness (QED) is 0.368. The van der Waals surface area contributed by atoms with E-state index in [9.17, 15) is 9.59 Å². The summed E-state index contributed by atoms with van der Waals surface area (Å²) in [6.45, 7) is 0. The third kappa shape index (κ3) is 3.61. The first-order valence-corrected chi connectivity index (χ1v) is 10.1. The van der Waals surface area contributed by atoms with Gasteiger partial charge >= 0.3 is 5.63 Å². The van der Waals surface area contributed by atoms with Crippen molar-refractivity contribution in [3.8, 4) is 16.9 Å². The summed E-state index contributed by atoms with van der Waals surface area (Å²) in [5.74, 6) is 0.227. The molecule has 32 heavy (non-hydrogen) atoms. The van der Waals surface area contributed by atoms with E-state index in [2.05, 4.69) is 5.32 Å².